The Balaban J connectivity index is 2.60. The summed E-state index contributed by atoms with van der Waals surface area (Å²) in [5.74, 6) is 0.185. The van der Waals surface area contributed by atoms with Crippen LogP contribution in [0.3, 0.4) is 0 Å². The predicted octanol–water partition coefficient (Wildman–Crippen LogP) is 1.74. The summed E-state index contributed by atoms with van der Waals surface area (Å²) in [5, 5.41) is 19.2. The molecule has 0 aromatic heterocycles. The van der Waals surface area contributed by atoms with E-state index in [1.165, 1.54) is 6.07 Å². The highest BCUT2D eigenvalue weighted by Crippen LogP contribution is 2.34. The minimum Gasteiger partial charge on any atom is -0.484 e. The van der Waals surface area contributed by atoms with E-state index in [-0.39, 0.29) is 37.9 Å². The highest BCUT2D eigenvalue weighted by atomic mass is 79.9. The number of hydrogen-bond donors (Lipinski definition) is 1. The minimum atomic E-state index is -0.505. The number of ether oxygens (including phenoxy) is 2. The second-order valence-corrected chi connectivity index (χ2v) is 3.88. The molecule has 1 aromatic rings. The van der Waals surface area contributed by atoms with Crippen molar-refractivity contribution in [3.05, 3.63) is 32.8 Å². The number of nitro groups is 1. The van der Waals surface area contributed by atoms with E-state index >= 15 is 0 Å². The average molecular weight is 306 g/mol. The molecule has 0 spiro atoms. The van der Waals surface area contributed by atoms with Crippen molar-refractivity contribution in [1.82, 2.24) is 0 Å². The van der Waals surface area contributed by atoms with Crippen LogP contribution in [0.15, 0.2) is 22.7 Å². The van der Waals surface area contributed by atoms with E-state index in [9.17, 15) is 10.1 Å². The first-order chi connectivity index (χ1) is 8.16. The van der Waals surface area contributed by atoms with Crippen molar-refractivity contribution in [2.24, 2.45) is 0 Å². The average Bonchev–Trinajstić information content (AvgIpc) is 2.30. The smallest absolute Gasteiger partial charge is 0.312 e. The van der Waals surface area contributed by atoms with Gasteiger partial charge in [-0.3, -0.25) is 10.1 Å². The molecule has 0 bridgehead atoms. The van der Waals surface area contributed by atoms with E-state index in [0.29, 0.717) is 4.47 Å². The maximum absolute atomic E-state index is 10.7. The second kappa shape index (κ2) is 7.21. The molecule has 94 valence electrons. The Labute approximate surface area is 106 Å². The molecule has 0 atom stereocenters. The van der Waals surface area contributed by atoms with E-state index in [1.54, 1.807) is 12.1 Å². The SMILES string of the molecule is O=[N+]([O-])c1cccc(Br)c1OCCOCCO. The van der Waals surface area contributed by atoms with Crippen LogP contribution in [0, 0.1) is 10.1 Å². The normalized spacial score (nSPS) is 10.2. The molecule has 0 amide bonds. The maximum Gasteiger partial charge on any atom is 0.312 e. The molecule has 0 fully saturated rings. The molecule has 0 radical (unpaired) electrons. The molecule has 7 heteroatoms. The van der Waals surface area contributed by atoms with Crippen molar-refractivity contribution in [2.45, 2.75) is 0 Å². The number of aliphatic hydroxyl groups is 1. The molecule has 0 heterocycles. The van der Waals surface area contributed by atoms with Crippen LogP contribution in [0.25, 0.3) is 0 Å². The van der Waals surface area contributed by atoms with E-state index in [2.05, 4.69) is 15.9 Å². The zero-order valence-corrected chi connectivity index (χ0v) is 10.6. The quantitative estimate of drug-likeness (QED) is 0.471. The van der Waals surface area contributed by atoms with Crippen LogP contribution in [0.4, 0.5) is 5.69 Å². The lowest BCUT2D eigenvalue weighted by molar-refractivity contribution is -0.386. The number of aliphatic hydroxyl groups excluding tert-OH is 1. The topological polar surface area (TPSA) is 81.8 Å². The van der Waals surface area contributed by atoms with Gasteiger partial charge in [-0.25, -0.2) is 0 Å². The summed E-state index contributed by atoms with van der Waals surface area (Å²) in [5.41, 5.74) is -0.0958. The van der Waals surface area contributed by atoms with Gasteiger partial charge in [0.2, 0.25) is 5.75 Å². The fourth-order valence-corrected chi connectivity index (χ4v) is 1.62. The Bertz CT molecular complexity index is 385. The summed E-state index contributed by atoms with van der Waals surface area (Å²) in [6.07, 6.45) is 0. The molecule has 1 rings (SSSR count). The molecule has 1 N–H and O–H groups in total. The highest BCUT2D eigenvalue weighted by molar-refractivity contribution is 9.10. The Morgan fingerprint density at radius 3 is 2.76 bits per heavy atom. The first-order valence-electron chi connectivity index (χ1n) is 4.91. The molecule has 6 nitrogen and oxygen atoms in total. The van der Waals surface area contributed by atoms with E-state index < -0.39 is 4.92 Å². The Kier molecular flexibility index (Phi) is 5.88. The predicted molar refractivity (Wildman–Crippen MR) is 64.2 cm³/mol. The molecular weight excluding hydrogens is 294 g/mol. The fraction of sp³-hybridized carbons (Fsp3) is 0.400. The van der Waals surface area contributed by atoms with Crippen LogP contribution < -0.4 is 4.74 Å². The highest BCUT2D eigenvalue weighted by Gasteiger charge is 2.17. The van der Waals surface area contributed by atoms with E-state index in [1.807, 2.05) is 0 Å². The number of nitro benzene ring substituents is 1. The molecule has 1 aromatic carbocycles. The third-order valence-corrected chi connectivity index (χ3v) is 2.48. The number of hydrogen-bond acceptors (Lipinski definition) is 5. The van der Waals surface area contributed by atoms with Crippen molar-refractivity contribution in [1.29, 1.82) is 0 Å². The van der Waals surface area contributed by atoms with Crippen LogP contribution in [0.5, 0.6) is 5.75 Å². The summed E-state index contributed by atoms with van der Waals surface area (Å²) in [7, 11) is 0. The molecule has 0 aliphatic carbocycles. The van der Waals surface area contributed by atoms with Crippen LogP contribution >= 0.6 is 15.9 Å². The standard InChI is InChI=1S/C10H12BrNO5/c11-8-2-1-3-9(12(14)15)10(8)17-7-6-16-5-4-13/h1-3,13H,4-7H2. The van der Waals surface area contributed by atoms with Crippen LogP contribution in [0.2, 0.25) is 0 Å². The number of rotatable bonds is 7. The van der Waals surface area contributed by atoms with Crippen molar-refractivity contribution < 1.29 is 19.5 Å². The lowest BCUT2D eigenvalue weighted by Gasteiger charge is -2.08. The van der Waals surface area contributed by atoms with Crippen LogP contribution in [-0.4, -0.2) is 36.5 Å². The van der Waals surface area contributed by atoms with Crippen molar-refractivity contribution in [3.63, 3.8) is 0 Å². The minimum absolute atomic E-state index is 0.0603. The molecule has 0 saturated carbocycles. The van der Waals surface area contributed by atoms with Gasteiger partial charge in [0.05, 0.1) is 29.2 Å². The van der Waals surface area contributed by atoms with Gasteiger partial charge in [-0.05, 0) is 22.0 Å². The fourth-order valence-electron chi connectivity index (χ4n) is 1.15. The van der Waals surface area contributed by atoms with Crippen LogP contribution in [-0.2, 0) is 4.74 Å². The summed E-state index contributed by atoms with van der Waals surface area (Å²) in [6, 6.07) is 4.60. The first-order valence-corrected chi connectivity index (χ1v) is 5.70. The van der Waals surface area contributed by atoms with Gasteiger partial charge in [0.25, 0.3) is 0 Å². The Morgan fingerprint density at radius 2 is 2.12 bits per heavy atom. The zero-order valence-electron chi connectivity index (χ0n) is 8.97. The van der Waals surface area contributed by atoms with Gasteiger partial charge in [-0.1, -0.05) is 6.07 Å². The summed E-state index contributed by atoms with van der Waals surface area (Å²) in [6.45, 7) is 0.610. The van der Waals surface area contributed by atoms with Gasteiger partial charge in [0.15, 0.2) is 0 Å². The largest absolute Gasteiger partial charge is 0.484 e. The van der Waals surface area contributed by atoms with Gasteiger partial charge in [0.1, 0.15) is 6.61 Å². The molecule has 0 saturated heterocycles. The van der Waals surface area contributed by atoms with E-state index in [0.717, 1.165) is 0 Å². The summed E-state index contributed by atoms with van der Waals surface area (Å²) >= 11 is 3.19. The third-order valence-electron chi connectivity index (χ3n) is 1.85. The second-order valence-electron chi connectivity index (χ2n) is 3.03. The van der Waals surface area contributed by atoms with Crippen molar-refractivity contribution in [2.75, 3.05) is 26.4 Å². The molecule has 0 aliphatic rings. The monoisotopic (exact) mass is 305 g/mol. The Morgan fingerprint density at radius 1 is 1.35 bits per heavy atom. The van der Waals surface area contributed by atoms with Crippen molar-refractivity contribution in [3.8, 4) is 5.75 Å². The van der Waals surface area contributed by atoms with Gasteiger partial charge in [-0.15, -0.1) is 0 Å². The van der Waals surface area contributed by atoms with Gasteiger partial charge in [-0.2, -0.15) is 0 Å². The maximum atomic E-state index is 10.7. The number of nitrogens with zero attached hydrogens (tertiary/aromatic N) is 1. The van der Waals surface area contributed by atoms with Gasteiger partial charge in [0, 0.05) is 6.07 Å². The first kappa shape index (κ1) is 13.9. The molecule has 0 aliphatic heterocycles. The number of benzene rings is 1. The lowest BCUT2D eigenvalue weighted by Crippen LogP contribution is -2.10. The summed E-state index contributed by atoms with van der Waals surface area (Å²) < 4.78 is 10.8. The van der Waals surface area contributed by atoms with E-state index in [4.69, 9.17) is 14.6 Å². The van der Waals surface area contributed by atoms with Gasteiger partial charge < -0.3 is 14.6 Å². The van der Waals surface area contributed by atoms with Gasteiger partial charge >= 0.3 is 5.69 Å². The molecule has 17 heavy (non-hydrogen) atoms. The Hall–Kier alpha value is -1.18. The number of halogens is 1. The summed E-state index contributed by atoms with van der Waals surface area (Å²) in [4.78, 5) is 10.2. The zero-order chi connectivity index (χ0) is 12.7. The number of para-hydroxylation sites is 1. The van der Waals surface area contributed by atoms with Crippen LogP contribution in [0.1, 0.15) is 0 Å². The van der Waals surface area contributed by atoms with Crippen molar-refractivity contribution >= 4 is 21.6 Å². The third kappa shape index (κ3) is 4.29. The molecule has 0 unspecified atom stereocenters. The molecular formula is C10H12BrNO5. The lowest BCUT2D eigenvalue weighted by atomic mass is 10.3.